The molecule has 1 heterocycles. The minimum absolute atomic E-state index is 0.572. The van der Waals surface area contributed by atoms with Crippen LogP contribution in [0.5, 0.6) is 0 Å². The number of carboxylic acid groups (broad SMARTS) is 1. The highest BCUT2D eigenvalue weighted by Crippen LogP contribution is 2.26. The Bertz CT molecular complexity index is 315. The van der Waals surface area contributed by atoms with Gasteiger partial charge in [-0.1, -0.05) is 11.6 Å². The molecule has 0 saturated heterocycles. The topological polar surface area (TPSA) is 89.3 Å². The van der Waals surface area contributed by atoms with Crippen LogP contribution in [0.25, 0.3) is 0 Å². The summed E-state index contributed by atoms with van der Waals surface area (Å²) in [5, 5.41) is 8.59. The lowest BCUT2D eigenvalue weighted by atomic mass is 10.1. The molecular weight excluding hydrogens is 212 g/mol. The molecule has 0 fully saturated rings. The molecule has 5 N–H and O–H groups in total. The molecule has 1 rings (SSSR count). The Balaban J connectivity index is 2.78. The Morgan fingerprint density at radius 3 is 2.54 bits per heavy atom. The van der Waals surface area contributed by atoms with Crippen molar-refractivity contribution in [1.82, 2.24) is 0 Å². The van der Waals surface area contributed by atoms with Crippen molar-refractivity contribution in [3.8, 4) is 0 Å². The van der Waals surface area contributed by atoms with Gasteiger partial charge in [-0.25, -0.2) is 0 Å². The summed E-state index contributed by atoms with van der Waals surface area (Å²) in [4.78, 5) is 11.2. The molecule has 0 aliphatic carbocycles. The molecule has 6 heteroatoms. The Labute approximate surface area is 84.1 Å². The van der Waals surface area contributed by atoms with E-state index in [-0.39, 0.29) is 0 Å². The van der Waals surface area contributed by atoms with Crippen molar-refractivity contribution in [3.63, 3.8) is 0 Å². The maximum absolute atomic E-state index is 10.5. The molecule has 0 aliphatic heterocycles. The summed E-state index contributed by atoms with van der Waals surface area (Å²) in [7, 11) is 0. The maximum Gasteiger partial charge on any atom is 0.322 e. The fourth-order valence-corrected chi connectivity index (χ4v) is 1.95. The first kappa shape index (κ1) is 10.5. The predicted molar refractivity (Wildman–Crippen MR) is 51.9 cm³/mol. The Morgan fingerprint density at radius 1 is 1.54 bits per heavy atom. The first-order valence-corrected chi connectivity index (χ1v) is 4.71. The van der Waals surface area contributed by atoms with Gasteiger partial charge in [-0.05, 0) is 12.1 Å². The minimum atomic E-state index is -1.11. The van der Waals surface area contributed by atoms with Gasteiger partial charge in [-0.2, -0.15) is 0 Å². The van der Waals surface area contributed by atoms with Crippen LogP contribution in [0.15, 0.2) is 12.1 Å². The summed E-state index contributed by atoms with van der Waals surface area (Å²) in [5.41, 5.74) is 10.9. The number of halogens is 1. The van der Waals surface area contributed by atoms with Crippen LogP contribution in [0.4, 0.5) is 0 Å². The maximum atomic E-state index is 10.5. The van der Waals surface area contributed by atoms with Gasteiger partial charge >= 0.3 is 5.97 Å². The molecule has 13 heavy (non-hydrogen) atoms. The Hall–Kier alpha value is -0.620. The van der Waals surface area contributed by atoms with Crippen LogP contribution in [0, 0.1) is 0 Å². The van der Waals surface area contributed by atoms with E-state index in [1.54, 1.807) is 12.1 Å². The number of thiophene rings is 1. The van der Waals surface area contributed by atoms with E-state index >= 15 is 0 Å². The van der Waals surface area contributed by atoms with Crippen LogP contribution < -0.4 is 11.5 Å². The van der Waals surface area contributed by atoms with Crippen molar-refractivity contribution in [2.75, 3.05) is 0 Å². The van der Waals surface area contributed by atoms with Gasteiger partial charge in [0, 0.05) is 4.88 Å². The average molecular weight is 221 g/mol. The molecular formula is C7H9ClN2O2S. The quantitative estimate of drug-likeness (QED) is 0.704. The van der Waals surface area contributed by atoms with Gasteiger partial charge < -0.3 is 16.6 Å². The predicted octanol–water partition coefficient (Wildman–Crippen LogP) is 0.813. The zero-order valence-corrected chi connectivity index (χ0v) is 8.18. The molecule has 72 valence electrons. The van der Waals surface area contributed by atoms with E-state index in [0.717, 1.165) is 0 Å². The molecule has 2 unspecified atom stereocenters. The van der Waals surface area contributed by atoms with Gasteiger partial charge in [0.15, 0.2) is 0 Å². The van der Waals surface area contributed by atoms with Crippen LogP contribution >= 0.6 is 22.9 Å². The van der Waals surface area contributed by atoms with Crippen molar-refractivity contribution in [2.45, 2.75) is 12.1 Å². The van der Waals surface area contributed by atoms with Gasteiger partial charge in [0.05, 0.1) is 10.4 Å². The minimum Gasteiger partial charge on any atom is -0.480 e. The van der Waals surface area contributed by atoms with Crippen LogP contribution in [0.3, 0.4) is 0 Å². The van der Waals surface area contributed by atoms with Gasteiger partial charge in [0.2, 0.25) is 0 Å². The molecule has 4 nitrogen and oxygen atoms in total. The third kappa shape index (κ3) is 2.41. The molecule has 0 aliphatic rings. The van der Waals surface area contributed by atoms with Crippen LogP contribution in [-0.4, -0.2) is 17.1 Å². The van der Waals surface area contributed by atoms with E-state index in [0.29, 0.717) is 9.21 Å². The van der Waals surface area contributed by atoms with Crippen molar-refractivity contribution < 1.29 is 9.90 Å². The van der Waals surface area contributed by atoms with E-state index < -0.39 is 18.1 Å². The second-order valence-corrected chi connectivity index (χ2v) is 4.28. The van der Waals surface area contributed by atoms with Crippen molar-refractivity contribution in [1.29, 1.82) is 0 Å². The number of aliphatic carboxylic acids is 1. The first-order chi connectivity index (χ1) is 6.02. The summed E-state index contributed by atoms with van der Waals surface area (Å²) in [6.07, 6.45) is 0. The molecule has 2 atom stereocenters. The van der Waals surface area contributed by atoms with Gasteiger partial charge in [0.25, 0.3) is 0 Å². The standard InChI is InChI=1S/C7H9ClN2O2S/c8-4-2-1-3(13-4)5(9)6(10)7(11)12/h1-2,5-6H,9-10H2,(H,11,12). The van der Waals surface area contributed by atoms with Gasteiger partial charge in [-0.15, -0.1) is 11.3 Å². The fraction of sp³-hybridized carbons (Fsp3) is 0.286. The van der Waals surface area contributed by atoms with Crippen LogP contribution in [-0.2, 0) is 4.79 Å². The van der Waals surface area contributed by atoms with E-state index in [1.165, 1.54) is 11.3 Å². The van der Waals surface area contributed by atoms with Gasteiger partial charge in [-0.3, -0.25) is 4.79 Å². The number of carboxylic acids is 1. The summed E-state index contributed by atoms with van der Waals surface area (Å²) >= 11 is 6.90. The highest BCUT2D eigenvalue weighted by molar-refractivity contribution is 7.16. The number of carbonyl (C=O) groups is 1. The lowest BCUT2D eigenvalue weighted by molar-refractivity contribution is -0.139. The molecule has 0 spiro atoms. The second kappa shape index (κ2) is 4.06. The smallest absolute Gasteiger partial charge is 0.322 e. The normalized spacial score (nSPS) is 15.3. The number of hydrogen-bond acceptors (Lipinski definition) is 4. The van der Waals surface area contributed by atoms with Gasteiger partial charge in [0.1, 0.15) is 6.04 Å². The second-order valence-electron chi connectivity index (χ2n) is 2.53. The summed E-state index contributed by atoms with van der Waals surface area (Å²) in [6.45, 7) is 0. The molecule has 1 aromatic heterocycles. The van der Waals surface area contributed by atoms with E-state index in [1.807, 2.05) is 0 Å². The van der Waals surface area contributed by atoms with Crippen LogP contribution in [0.1, 0.15) is 10.9 Å². The first-order valence-electron chi connectivity index (χ1n) is 3.51. The highest BCUT2D eigenvalue weighted by atomic mass is 35.5. The third-order valence-electron chi connectivity index (χ3n) is 1.59. The molecule has 0 bridgehead atoms. The molecule has 0 saturated carbocycles. The zero-order chi connectivity index (χ0) is 10.0. The van der Waals surface area contributed by atoms with E-state index in [2.05, 4.69) is 0 Å². The van der Waals surface area contributed by atoms with Crippen molar-refractivity contribution in [3.05, 3.63) is 21.3 Å². The van der Waals surface area contributed by atoms with E-state index in [9.17, 15) is 4.79 Å². The largest absolute Gasteiger partial charge is 0.480 e. The third-order valence-corrected chi connectivity index (χ3v) is 2.93. The van der Waals surface area contributed by atoms with Crippen molar-refractivity contribution >= 4 is 28.9 Å². The zero-order valence-electron chi connectivity index (χ0n) is 6.61. The lowest BCUT2D eigenvalue weighted by Gasteiger charge is -2.13. The number of nitrogens with two attached hydrogens (primary N) is 2. The van der Waals surface area contributed by atoms with E-state index in [4.69, 9.17) is 28.2 Å². The number of rotatable bonds is 3. The molecule has 0 aromatic carbocycles. The van der Waals surface area contributed by atoms with Crippen molar-refractivity contribution in [2.24, 2.45) is 11.5 Å². The molecule has 1 aromatic rings. The average Bonchev–Trinajstić information content (AvgIpc) is 2.49. The Kier molecular flexibility index (Phi) is 3.27. The summed E-state index contributed by atoms with van der Waals surface area (Å²) in [6, 6.07) is 1.56. The lowest BCUT2D eigenvalue weighted by Crippen LogP contribution is -2.40. The number of hydrogen-bond donors (Lipinski definition) is 3. The monoisotopic (exact) mass is 220 g/mol. The van der Waals surface area contributed by atoms with Crippen LogP contribution in [0.2, 0.25) is 4.34 Å². The highest BCUT2D eigenvalue weighted by Gasteiger charge is 2.23. The Morgan fingerprint density at radius 2 is 2.15 bits per heavy atom. The molecule has 0 radical (unpaired) electrons. The fourth-order valence-electron chi connectivity index (χ4n) is 0.838. The summed E-state index contributed by atoms with van der Waals surface area (Å²) in [5.74, 6) is -1.11. The summed E-state index contributed by atoms with van der Waals surface area (Å²) < 4.78 is 0.572. The molecule has 0 amide bonds. The SMILES string of the molecule is NC(C(=O)O)C(N)c1ccc(Cl)s1.